The monoisotopic (exact) mass is 654 g/mol. The van der Waals surface area contributed by atoms with E-state index in [1.807, 2.05) is 67.6 Å². The fourth-order valence-corrected chi connectivity index (χ4v) is 6.75. The van der Waals surface area contributed by atoms with Gasteiger partial charge in [0.25, 0.3) is 11.8 Å². The van der Waals surface area contributed by atoms with E-state index in [1.165, 1.54) is 4.90 Å². The molecule has 3 aromatic rings. The van der Waals surface area contributed by atoms with Crippen LogP contribution >= 0.6 is 12.6 Å². The van der Waals surface area contributed by atoms with Gasteiger partial charge in [0.2, 0.25) is 17.7 Å². The van der Waals surface area contributed by atoms with Crippen molar-refractivity contribution < 1.29 is 24.0 Å². The first-order valence-electron chi connectivity index (χ1n) is 16.4. The van der Waals surface area contributed by atoms with Crippen LogP contribution in [0.25, 0.3) is 0 Å². The molecule has 3 aromatic carbocycles. The topological polar surface area (TPSA) is 116 Å². The molecule has 0 aliphatic carbocycles. The number of amides is 5. The number of thiol groups is 1. The number of likely N-dealkylation sites (N-methyl/N-ethyl adjacent to an activating group) is 1. The number of carbonyl (C=O) groups is 5. The first-order valence-corrected chi connectivity index (χ1v) is 16.9. The molecule has 0 aromatic heterocycles. The summed E-state index contributed by atoms with van der Waals surface area (Å²) in [6, 6.07) is 24.8. The van der Waals surface area contributed by atoms with Crippen LogP contribution < -0.4 is 10.6 Å². The zero-order chi connectivity index (χ0) is 33.3. The maximum absolute atomic E-state index is 14.2. The summed E-state index contributed by atoms with van der Waals surface area (Å²) >= 11 is 4.57. The maximum atomic E-state index is 14.2. The van der Waals surface area contributed by atoms with Crippen LogP contribution in [0.1, 0.15) is 76.8 Å². The lowest BCUT2D eigenvalue weighted by molar-refractivity contribution is -0.142. The van der Waals surface area contributed by atoms with Crippen LogP contribution in [-0.2, 0) is 20.8 Å². The number of benzene rings is 3. The Labute approximate surface area is 281 Å². The second-order valence-corrected chi connectivity index (χ2v) is 12.8. The molecule has 0 saturated carbocycles. The van der Waals surface area contributed by atoms with Crippen LogP contribution in [0.3, 0.4) is 0 Å². The number of carbonyl (C=O) groups excluding carboxylic acids is 5. The van der Waals surface area contributed by atoms with Crippen molar-refractivity contribution in [2.24, 2.45) is 0 Å². The van der Waals surface area contributed by atoms with Gasteiger partial charge >= 0.3 is 0 Å². The molecule has 5 amide bonds. The van der Waals surface area contributed by atoms with Crippen molar-refractivity contribution in [2.75, 3.05) is 19.6 Å². The second-order valence-electron chi connectivity index (χ2n) is 12.1. The van der Waals surface area contributed by atoms with Crippen LogP contribution in [0.4, 0.5) is 0 Å². The number of likely N-dealkylation sites (tertiary alicyclic amines) is 1. The molecular weight excluding hydrogens is 612 g/mol. The van der Waals surface area contributed by atoms with Crippen LogP contribution in [0, 0.1) is 0 Å². The molecule has 0 spiro atoms. The molecule has 9 nitrogen and oxygen atoms in total. The summed E-state index contributed by atoms with van der Waals surface area (Å²) in [5, 5.41) is 5.19. The summed E-state index contributed by atoms with van der Waals surface area (Å²) in [7, 11) is 0. The molecule has 1 fully saturated rings. The van der Waals surface area contributed by atoms with E-state index in [2.05, 4.69) is 23.3 Å². The second kappa shape index (κ2) is 15.9. The van der Waals surface area contributed by atoms with Gasteiger partial charge in [-0.15, -0.1) is 0 Å². The molecule has 10 heteroatoms. The number of nitrogens with one attached hydrogen (secondary N) is 2. The molecule has 2 heterocycles. The van der Waals surface area contributed by atoms with E-state index in [1.54, 1.807) is 29.2 Å². The molecule has 2 aliphatic heterocycles. The number of hydrogen-bond donors (Lipinski definition) is 3. The third kappa shape index (κ3) is 8.11. The summed E-state index contributed by atoms with van der Waals surface area (Å²) in [6.45, 7) is 2.92. The zero-order valence-corrected chi connectivity index (χ0v) is 27.5. The summed E-state index contributed by atoms with van der Waals surface area (Å²) in [5.74, 6) is -1.46. The minimum Gasteiger partial charge on any atom is -0.355 e. The van der Waals surface area contributed by atoms with Crippen LogP contribution in [-0.4, -0.2) is 76.3 Å². The Morgan fingerprint density at radius 3 is 2.11 bits per heavy atom. The molecule has 47 heavy (non-hydrogen) atoms. The predicted octanol–water partition coefficient (Wildman–Crippen LogP) is 4.39. The van der Waals surface area contributed by atoms with Gasteiger partial charge in [0.05, 0.1) is 16.4 Å². The van der Waals surface area contributed by atoms with Gasteiger partial charge in [-0.05, 0) is 61.8 Å². The van der Waals surface area contributed by atoms with Crippen molar-refractivity contribution in [3.8, 4) is 0 Å². The summed E-state index contributed by atoms with van der Waals surface area (Å²) < 4.78 is 0. The first-order chi connectivity index (χ1) is 22.8. The van der Waals surface area contributed by atoms with Gasteiger partial charge in [-0.3, -0.25) is 28.9 Å². The molecule has 2 aliphatic rings. The zero-order valence-electron chi connectivity index (χ0n) is 26.6. The van der Waals surface area contributed by atoms with Gasteiger partial charge in [-0.1, -0.05) is 79.2 Å². The lowest BCUT2D eigenvalue weighted by Crippen LogP contribution is -2.56. The van der Waals surface area contributed by atoms with Crippen molar-refractivity contribution in [3.63, 3.8) is 0 Å². The van der Waals surface area contributed by atoms with Gasteiger partial charge in [-0.2, -0.15) is 12.6 Å². The van der Waals surface area contributed by atoms with Crippen LogP contribution in [0.2, 0.25) is 0 Å². The van der Waals surface area contributed by atoms with E-state index in [9.17, 15) is 24.0 Å². The van der Waals surface area contributed by atoms with Crippen LogP contribution in [0.5, 0.6) is 0 Å². The average Bonchev–Trinajstić information content (AvgIpc) is 3.22. The van der Waals surface area contributed by atoms with Crippen molar-refractivity contribution in [2.45, 2.75) is 68.7 Å². The number of nitrogens with zero attached hydrogens (tertiary/aromatic N) is 2. The molecule has 2 N–H and O–H groups in total. The third-order valence-corrected chi connectivity index (χ3v) is 9.49. The summed E-state index contributed by atoms with van der Waals surface area (Å²) in [6.07, 6.45) is 2.89. The molecule has 5 rings (SSSR count). The number of fused-ring (bicyclic) bond motifs is 1. The average molecular weight is 655 g/mol. The Kier molecular flexibility index (Phi) is 11.5. The maximum Gasteiger partial charge on any atom is 0.261 e. The van der Waals surface area contributed by atoms with Gasteiger partial charge in [0, 0.05) is 26.1 Å². The number of unbranched alkanes of at least 4 members (excludes halogenated alkanes) is 1. The third-order valence-electron chi connectivity index (χ3n) is 9.00. The number of rotatable bonds is 13. The van der Waals surface area contributed by atoms with Crippen molar-refractivity contribution in [1.82, 2.24) is 20.4 Å². The fraction of sp³-hybridized carbons (Fsp3) is 0.378. The Hall–Kier alpha value is -4.44. The van der Waals surface area contributed by atoms with Crippen molar-refractivity contribution in [3.05, 3.63) is 107 Å². The molecule has 0 bridgehead atoms. The molecule has 4 atom stereocenters. The highest BCUT2D eigenvalue weighted by Gasteiger charge is 2.39. The quantitative estimate of drug-likeness (QED) is 0.144. The standard InChI is InChI=1S/C37H42N4O5S/c1-2-38-33(42)31(23-25-13-5-3-6-14-25)40-22-20-27(26-15-7-4-8-16-26)24-30(37(40)46)39-34(43)32(47)19-11-12-21-41-35(44)28-17-9-10-18-29(28)36(41)45/h3-10,13-18,27,30-32,47H,2,11-12,19-24H2,1H3,(H,38,42)(H,39,43)/t27-,30-,31-,32?/m0/s1. The molecule has 246 valence electrons. The molecular formula is C37H42N4O5S. The number of hydrogen-bond acceptors (Lipinski definition) is 6. The van der Waals surface area contributed by atoms with Gasteiger partial charge in [0.1, 0.15) is 12.1 Å². The predicted molar refractivity (Wildman–Crippen MR) is 183 cm³/mol. The largest absolute Gasteiger partial charge is 0.355 e. The minimum absolute atomic E-state index is 0.0000806. The van der Waals surface area contributed by atoms with E-state index in [-0.39, 0.29) is 42.0 Å². The Balaban J connectivity index is 1.25. The van der Waals surface area contributed by atoms with Crippen molar-refractivity contribution >= 4 is 42.2 Å². The fourth-order valence-electron chi connectivity index (χ4n) is 6.49. The van der Waals surface area contributed by atoms with Gasteiger partial charge < -0.3 is 15.5 Å². The molecule has 0 radical (unpaired) electrons. The number of imide groups is 1. The highest BCUT2D eigenvalue weighted by atomic mass is 32.1. The smallest absolute Gasteiger partial charge is 0.261 e. The first kappa shape index (κ1) is 33.9. The van der Waals surface area contributed by atoms with Crippen molar-refractivity contribution in [1.29, 1.82) is 0 Å². The van der Waals surface area contributed by atoms with E-state index in [4.69, 9.17) is 0 Å². The highest BCUT2D eigenvalue weighted by molar-refractivity contribution is 7.81. The summed E-state index contributed by atoms with van der Waals surface area (Å²) in [4.78, 5) is 69.3. The Bertz CT molecular complexity index is 1550. The normalized spacial score (nSPS) is 19.1. The lowest BCUT2D eigenvalue weighted by atomic mass is 9.90. The van der Waals surface area contributed by atoms with E-state index >= 15 is 0 Å². The van der Waals surface area contributed by atoms with E-state index in [0.717, 1.165) is 11.1 Å². The molecule has 1 unspecified atom stereocenters. The lowest BCUT2D eigenvalue weighted by Gasteiger charge is -2.32. The van der Waals surface area contributed by atoms with Gasteiger partial charge in [-0.25, -0.2) is 0 Å². The van der Waals surface area contributed by atoms with Crippen LogP contribution in [0.15, 0.2) is 84.9 Å². The molecule has 1 saturated heterocycles. The Morgan fingerprint density at radius 2 is 1.47 bits per heavy atom. The Morgan fingerprint density at radius 1 is 0.851 bits per heavy atom. The highest BCUT2D eigenvalue weighted by Crippen LogP contribution is 2.30. The van der Waals surface area contributed by atoms with E-state index < -0.39 is 17.3 Å². The summed E-state index contributed by atoms with van der Waals surface area (Å²) in [5.41, 5.74) is 2.85. The van der Waals surface area contributed by atoms with E-state index in [0.29, 0.717) is 62.7 Å². The minimum atomic E-state index is -0.837. The SMILES string of the molecule is CCNC(=O)[C@H](Cc1ccccc1)N1CC[C@H](c2ccccc2)C[C@H](NC(=O)C(S)CCCCN2C(=O)c3ccccc3C2=O)C1=O. The van der Waals surface area contributed by atoms with Gasteiger partial charge in [0.15, 0.2) is 0 Å².